The Morgan fingerprint density at radius 1 is 1.31 bits per heavy atom. The van der Waals surface area contributed by atoms with Crippen LogP contribution in [0.3, 0.4) is 0 Å². The fourth-order valence-electron chi connectivity index (χ4n) is 2.51. The van der Waals surface area contributed by atoms with Gasteiger partial charge in [0.05, 0.1) is 16.7 Å². The first-order chi connectivity index (χ1) is 13.8. The summed E-state index contributed by atoms with van der Waals surface area (Å²) in [5, 5.41) is 21.0. The lowest BCUT2D eigenvalue weighted by atomic mass is 10.1. The molecule has 0 aliphatic rings. The molecule has 2 aromatic rings. The molecule has 0 fully saturated rings. The second-order valence-corrected chi connectivity index (χ2v) is 7.15. The van der Waals surface area contributed by atoms with Crippen molar-refractivity contribution >= 4 is 40.5 Å². The lowest BCUT2D eigenvalue weighted by molar-refractivity contribution is -0.139. The average molecular weight is 506 g/mol. The number of aliphatic carboxylic acids is 1. The van der Waals surface area contributed by atoms with Gasteiger partial charge in [-0.25, -0.2) is 4.79 Å². The van der Waals surface area contributed by atoms with Gasteiger partial charge < -0.3 is 19.9 Å². The van der Waals surface area contributed by atoms with Crippen LogP contribution >= 0.6 is 22.6 Å². The van der Waals surface area contributed by atoms with E-state index in [0.717, 1.165) is 5.56 Å². The monoisotopic (exact) mass is 506 g/mol. The summed E-state index contributed by atoms with van der Waals surface area (Å²) in [7, 11) is 1.42. The van der Waals surface area contributed by atoms with Crippen LogP contribution in [0.2, 0.25) is 0 Å². The van der Waals surface area contributed by atoms with E-state index in [1.807, 2.05) is 65.9 Å². The molecule has 2 aromatic carbocycles. The lowest BCUT2D eigenvalue weighted by Gasteiger charge is -2.14. The van der Waals surface area contributed by atoms with Gasteiger partial charge in [0, 0.05) is 0 Å². The number of methoxy groups -OCH3 is 1. The van der Waals surface area contributed by atoms with Gasteiger partial charge in [-0.15, -0.1) is 0 Å². The van der Waals surface area contributed by atoms with Crippen LogP contribution in [0.4, 0.5) is 0 Å². The van der Waals surface area contributed by atoms with E-state index in [9.17, 15) is 14.9 Å². The van der Waals surface area contributed by atoms with Gasteiger partial charge in [-0.1, -0.05) is 30.3 Å². The topological polar surface area (TPSA) is 109 Å². The van der Waals surface area contributed by atoms with Crippen molar-refractivity contribution in [3.8, 4) is 17.6 Å². The zero-order valence-electron chi connectivity index (χ0n) is 15.8. The molecular formula is C21H19IN2O5. The summed E-state index contributed by atoms with van der Waals surface area (Å²) in [6, 6.07) is 14.3. The molecule has 0 unspecified atom stereocenters. The van der Waals surface area contributed by atoms with E-state index in [4.69, 9.17) is 14.6 Å². The molecule has 0 aromatic heterocycles. The standard InChI is InChI=1S/C21H19IN2O5/c1-13(15-6-4-3-5-7-15)24-21(27)16(11-23)8-14-9-17(22)20(18(10-14)28-2)29-12-19(25)26/h3-10,13H,12H2,1-2H3,(H,24,27)(H,25,26)/b16-8+/t13-/m1/s1. The fourth-order valence-corrected chi connectivity index (χ4v) is 3.29. The molecule has 2 N–H and O–H groups in total. The molecule has 0 radical (unpaired) electrons. The molecular weight excluding hydrogens is 487 g/mol. The van der Waals surface area contributed by atoms with Gasteiger partial charge in [0.1, 0.15) is 11.6 Å². The second kappa shape index (κ2) is 10.5. The quantitative estimate of drug-likeness (QED) is 0.322. The van der Waals surface area contributed by atoms with Crippen LogP contribution in [0.25, 0.3) is 6.08 Å². The van der Waals surface area contributed by atoms with Crippen molar-refractivity contribution in [3.05, 3.63) is 62.7 Å². The number of ether oxygens (including phenoxy) is 2. The predicted molar refractivity (Wildman–Crippen MR) is 115 cm³/mol. The molecule has 0 aliphatic heterocycles. The molecule has 8 heteroatoms. The normalized spacial score (nSPS) is 11.9. The summed E-state index contributed by atoms with van der Waals surface area (Å²) >= 11 is 1.97. The van der Waals surface area contributed by atoms with Crippen molar-refractivity contribution < 1.29 is 24.2 Å². The number of carboxylic acids is 1. The van der Waals surface area contributed by atoms with Gasteiger partial charge in [-0.2, -0.15) is 5.26 Å². The van der Waals surface area contributed by atoms with Crippen LogP contribution in [0.1, 0.15) is 24.1 Å². The highest BCUT2D eigenvalue weighted by Gasteiger charge is 2.16. The smallest absolute Gasteiger partial charge is 0.341 e. The minimum Gasteiger partial charge on any atom is -0.493 e. The first-order valence-electron chi connectivity index (χ1n) is 8.55. The van der Waals surface area contributed by atoms with Gasteiger partial charge in [-0.05, 0) is 58.9 Å². The van der Waals surface area contributed by atoms with E-state index in [2.05, 4.69) is 5.32 Å². The summed E-state index contributed by atoms with van der Waals surface area (Å²) < 4.78 is 11.1. The Morgan fingerprint density at radius 2 is 2.00 bits per heavy atom. The van der Waals surface area contributed by atoms with E-state index in [1.54, 1.807) is 12.1 Å². The van der Waals surface area contributed by atoms with Crippen LogP contribution in [0.5, 0.6) is 11.5 Å². The Labute approximate surface area is 182 Å². The van der Waals surface area contributed by atoms with Crippen molar-refractivity contribution in [2.24, 2.45) is 0 Å². The van der Waals surface area contributed by atoms with Crippen molar-refractivity contribution in [1.82, 2.24) is 5.32 Å². The Bertz CT molecular complexity index is 967. The van der Waals surface area contributed by atoms with Crippen LogP contribution in [-0.2, 0) is 9.59 Å². The van der Waals surface area contributed by atoms with E-state index in [1.165, 1.54) is 13.2 Å². The summed E-state index contributed by atoms with van der Waals surface area (Å²) in [4.78, 5) is 23.3. The number of benzene rings is 2. The molecule has 0 aliphatic carbocycles. The molecule has 150 valence electrons. The third-order valence-electron chi connectivity index (χ3n) is 3.92. The van der Waals surface area contributed by atoms with Gasteiger partial charge in [0.15, 0.2) is 18.1 Å². The first kappa shape index (κ1) is 22.2. The van der Waals surface area contributed by atoms with Crippen LogP contribution in [-0.4, -0.2) is 30.7 Å². The van der Waals surface area contributed by atoms with Crippen molar-refractivity contribution in [3.63, 3.8) is 0 Å². The van der Waals surface area contributed by atoms with Crippen LogP contribution < -0.4 is 14.8 Å². The minimum absolute atomic E-state index is 0.0650. The van der Waals surface area contributed by atoms with Gasteiger partial charge in [-0.3, -0.25) is 4.79 Å². The maximum absolute atomic E-state index is 12.5. The number of amides is 1. The summed E-state index contributed by atoms with van der Waals surface area (Å²) in [5.74, 6) is -1.01. The zero-order chi connectivity index (χ0) is 21.4. The van der Waals surface area contributed by atoms with E-state index in [0.29, 0.717) is 14.9 Å². The molecule has 7 nitrogen and oxygen atoms in total. The van der Waals surface area contributed by atoms with Crippen molar-refractivity contribution in [1.29, 1.82) is 5.26 Å². The second-order valence-electron chi connectivity index (χ2n) is 5.99. The van der Waals surface area contributed by atoms with Crippen LogP contribution in [0, 0.1) is 14.9 Å². The third-order valence-corrected chi connectivity index (χ3v) is 4.72. The number of carbonyl (C=O) groups is 2. The number of carbonyl (C=O) groups excluding carboxylic acids is 1. The number of rotatable bonds is 8. The predicted octanol–water partition coefficient (Wildman–Crippen LogP) is 3.55. The molecule has 2 rings (SSSR count). The third kappa shape index (κ3) is 6.22. The van der Waals surface area contributed by atoms with Gasteiger partial charge in [0.25, 0.3) is 5.91 Å². The van der Waals surface area contributed by atoms with Gasteiger partial charge in [0.2, 0.25) is 0 Å². The Kier molecular flexibility index (Phi) is 8.03. The number of nitrogens with zero attached hydrogens (tertiary/aromatic N) is 1. The SMILES string of the molecule is COc1cc(/C=C(\C#N)C(=O)N[C@H](C)c2ccccc2)cc(I)c1OCC(=O)O. The maximum Gasteiger partial charge on any atom is 0.341 e. The Balaban J connectivity index is 2.25. The molecule has 0 bridgehead atoms. The first-order valence-corrected chi connectivity index (χ1v) is 9.63. The Hall–Kier alpha value is -3.06. The highest BCUT2D eigenvalue weighted by molar-refractivity contribution is 14.1. The molecule has 1 amide bonds. The number of halogens is 1. The van der Waals surface area contributed by atoms with Gasteiger partial charge >= 0.3 is 5.97 Å². The molecule has 1 atom stereocenters. The molecule has 0 spiro atoms. The fraction of sp³-hybridized carbons (Fsp3) is 0.190. The number of carboxylic acid groups (broad SMARTS) is 1. The van der Waals surface area contributed by atoms with Crippen LogP contribution in [0.15, 0.2) is 48.0 Å². The van der Waals surface area contributed by atoms with Crippen molar-refractivity contribution in [2.45, 2.75) is 13.0 Å². The number of nitriles is 1. The Morgan fingerprint density at radius 3 is 2.59 bits per heavy atom. The number of nitrogens with one attached hydrogen (secondary N) is 1. The molecule has 0 saturated heterocycles. The van der Waals surface area contributed by atoms with E-state index in [-0.39, 0.29) is 17.4 Å². The van der Waals surface area contributed by atoms with E-state index < -0.39 is 18.5 Å². The molecule has 0 saturated carbocycles. The van der Waals surface area contributed by atoms with E-state index >= 15 is 0 Å². The maximum atomic E-state index is 12.5. The summed E-state index contributed by atoms with van der Waals surface area (Å²) in [5.41, 5.74) is 1.41. The number of hydrogen-bond acceptors (Lipinski definition) is 5. The highest BCUT2D eigenvalue weighted by Crippen LogP contribution is 2.34. The number of hydrogen-bond donors (Lipinski definition) is 2. The van der Waals surface area contributed by atoms with Crippen molar-refractivity contribution in [2.75, 3.05) is 13.7 Å². The largest absolute Gasteiger partial charge is 0.493 e. The molecule has 29 heavy (non-hydrogen) atoms. The average Bonchev–Trinajstić information content (AvgIpc) is 2.71. The summed E-state index contributed by atoms with van der Waals surface area (Å²) in [6.07, 6.45) is 1.44. The highest BCUT2D eigenvalue weighted by atomic mass is 127. The minimum atomic E-state index is -1.11. The summed E-state index contributed by atoms with van der Waals surface area (Å²) in [6.45, 7) is 1.33. The molecule has 0 heterocycles. The lowest BCUT2D eigenvalue weighted by Crippen LogP contribution is -2.27. The zero-order valence-corrected chi connectivity index (χ0v) is 18.0.